The lowest BCUT2D eigenvalue weighted by Crippen LogP contribution is -2.46. The van der Waals surface area contributed by atoms with Crippen molar-refractivity contribution in [1.82, 2.24) is 43.1 Å². The van der Waals surface area contributed by atoms with E-state index in [-0.39, 0.29) is 40.6 Å². The van der Waals surface area contributed by atoms with Gasteiger partial charge in [-0.05, 0) is 152 Å². The molecule has 3 aliphatic heterocycles. The number of carbonyl (C=O) groups excluding carboxylic acids is 1. The van der Waals surface area contributed by atoms with Gasteiger partial charge in [0.25, 0.3) is 5.91 Å². The average Bonchev–Trinajstić information content (AvgIpc) is 3.83. The molecule has 1 amide bonds. The number of imidazole rings is 1. The Labute approximate surface area is 377 Å². The van der Waals surface area contributed by atoms with Crippen LogP contribution in [0, 0.1) is 31.4 Å². The number of benzene rings is 3. The summed E-state index contributed by atoms with van der Waals surface area (Å²) in [4.78, 5) is 35.0. The number of ether oxygens (including phenoxy) is 1. The Morgan fingerprint density at radius 2 is 1.66 bits per heavy atom. The number of nitrogens with zero attached hydrogens (tertiary/aromatic N) is 9. The maximum atomic E-state index is 16.2. The number of amides is 1. The van der Waals surface area contributed by atoms with Crippen molar-refractivity contribution in [3.05, 3.63) is 123 Å². The molecule has 12 nitrogen and oxygen atoms in total. The Balaban J connectivity index is 1.07. The first-order chi connectivity index (χ1) is 31.0. The second-order valence-electron chi connectivity index (χ2n) is 20.3. The molecular formula is C51H57F2N9O3. The fraction of sp³-hybridized carbons (Fsp3) is 0.451. The minimum atomic E-state index is -0.559. The summed E-state index contributed by atoms with van der Waals surface area (Å²) in [5, 5.41) is 10.8. The van der Waals surface area contributed by atoms with Crippen molar-refractivity contribution in [3.8, 4) is 17.2 Å². The highest BCUT2D eigenvalue weighted by Crippen LogP contribution is 2.57. The van der Waals surface area contributed by atoms with E-state index in [0.717, 1.165) is 54.5 Å². The predicted molar refractivity (Wildman–Crippen MR) is 247 cm³/mol. The smallest absolute Gasteiger partial charge is 0.338 e. The molecule has 7 heterocycles. The number of hydrogen-bond donors (Lipinski definition) is 0. The molecule has 7 aromatic rings. The minimum Gasteiger partial charge on any atom is -0.376 e. The molecule has 4 aliphatic rings. The number of rotatable bonds is 8. The first-order valence-corrected chi connectivity index (χ1v) is 23.1. The van der Waals surface area contributed by atoms with Gasteiger partial charge in [-0.3, -0.25) is 18.6 Å². The van der Waals surface area contributed by atoms with Crippen LogP contribution in [-0.4, -0.2) is 87.4 Å². The van der Waals surface area contributed by atoms with Crippen molar-refractivity contribution < 1.29 is 18.3 Å². The van der Waals surface area contributed by atoms with Crippen molar-refractivity contribution in [1.29, 1.82) is 0 Å². The van der Waals surface area contributed by atoms with Gasteiger partial charge in [0.15, 0.2) is 5.82 Å². The van der Waals surface area contributed by atoms with E-state index >= 15 is 13.6 Å². The van der Waals surface area contributed by atoms with Crippen molar-refractivity contribution in [2.24, 2.45) is 13.0 Å². The average molecular weight is 882 g/mol. The van der Waals surface area contributed by atoms with Gasteiger partial charge in [-0.1, -0.05) is 13.0 Å². The van der Waals surface area contributed by atoms with Gasteiger partial charge in [-0.2, -0.15) is 10.2 Å². The zero-order valence-electron chi connectivity index (χ0n) is 38.7. The molecule has 3 fully saturated rings. The van der Waals surface area contributed by atoms with E-state index in [4.69, 9.17) is 9.84 Å². The summed E-state index contributed by atoms with van der Waals surface area (Å²) in [6, 6.07) is 15.4. The lowest BCUT2D eigenvalue weighted by atomic mass is 9.83. The van der Waals surface area contributed by atoms with Crippen LogP contribution in [0.3, 0.4) is 0 Å². The Kier molecular flexibility index (Phi) is 9.37. The molecule has 65 heavy (non-hydrogen) atoms. The Bertz CT molecular complexity index is 3140. The Morgan fingerprint density at radius 1 is 0.938 bits per heavy atom. The van der Waals surface area contributed by atoms with E-state index in [1.54, 1.807) is 66.9 Å². The van der Waals surface area contributed by atoms with Gasteiger partial charge in [0, 0.05) is 61.0 Å². The van der Waals surface area contributed by atoms with Gasteiger partial charge in [0.2, 0.25) is 0 Å². The second kappa shape index (κ2) is 14.6. The van der Waals surface area contributed by atoms with E-state index in [2.05, 4.69) is 85.5 Å². The first kappa shape index (κ1) is 41.8. The van der Waals surface area contributed by atoms with E-state index in [0.29, 0.717) is 63.9 Å². The summed E-state index contributed by atoms with van der Waals surface area (Å²) >= 11 is 0. The molecule has 0 N–H and O–H groups in total. The molecule has 2 bridgehead atoms. The third kappa shape index (κ3) is 6.18. The fourth-order valence-electron chi connectivity index (χ4n) is 12.1. The molecule has 2 saturated heterocycles. The fourth-order valence-corrected chi connectivity index (χ4v) is 12.1. The van der Waals surface area contributed by atoms with Crippen LogP contribution in [0.15, 0.2) is 71.9 Å². The van der Waals surface area contributed by atoms with Crippen LogP contribution in [0.4, 0.5) is 8.78 Å². The summed E-state index contributed by atoms with van der Waals surface area (Å²) in [5.74, 6) is 0.248. The molecule has 0 radical (unpaired) electrons. The number of halogens is 2. The van der Waals surface area contributed by atoms with E-state index < -0.39 is 17.5 Å². The summed E-state index contributed by atoms with van der Waals surface area (Å²) < 4.78 is 46.0. The maximum Gasteiger partial charge on any atom is 0.338 e. The quantitative estimate of drug-likeness (QED) is 0.151. The number of fused-ring (bicyclic) bond motifs is 6. The van der Waals surface area contributed by atoms with E-state index in [9.17, 15) is 4.79 Å². The standard InChI is InChI=1S/C51H57F2N9O3/c1-28-20-36(21-29(2)45(28)52)62-47(59-18-17-58(49(59)64)42-15-14-40-37(46(42)53)27-54-57(40)9)44-38(55-62)24-35-11-13-41(44)60(35)48(63)43-23-34-22-32(33-16-19-65-50(5,6)26-33)10-12-39(34)61(43)51(25-30(51)3)31(4)56(7)8/h10,12,14-15,17-18,20-23,27,30-31,33,35,41H,11,13,16,19,24-26H2,1-9H3/t30-,31?,33-,35+,41-,51-/m0/s1. The molecule has 338 valence electrons. The molecule has 3 aromatic carbocycles. The lowest BCUT2D eigenvalue weighted by molar-refractivity contribution is -0.0592. The van der Waals surface area contributed by atoms with Crippen molar-refractivity contribution in [2.45, 2.75) is 115 Å². The third-order valence-electron chi connectivity index (χ3n) is 15.7. The van der Waals surface area contributed by atoms with Gasteiger partial charge in [-0.25, -0.2) is 18.3 Å². The normalized spacial score (nSPS) is 24.1. The van der Waals surface area contributed by atoms with Crippen LogP contribution in [-0.2, 0) is 23.7 Å². The van der Waals surface area contributed by atoms with Crippen LogP contribution in [0.25, 0.3) is 39.0 Å². The van der Waals surface area contributed by atoms with Crippen LogP contribution in [0.1, 0.15) is 110 Å². The third-order valence-corrected chi connectivity index (χ3v) is 15.7. The van der Waals surface area contributed by atoms with Crippen LogP contribution in [0.2, 0.25) is 0 Å². The van der Waals surface area contributed by atoms with Gasteiger partial charge >= 0.3 is 5.69 Å². The Hall–Kier alpha value is -5.86. The van der Waals surface area contributed by atoms with E-state index in [1.165, 1.54) is 20.9 Å². The summed E-state index contributed by atoms with van der Waals surface area (Å²) in [5.41, 5.74) is 5.75. The van der Waals surface area contributed by atoms with Gasteiger partial charge in [0.05, 0.1) is 51.4 Å². The molecule has 14 heteroatoms. The zero-order valence-corrected chi connectivity index (χ0v) is 38.7. The van der Waals surface area contributed by atoms with Crippen LogP contribution < -0.4 is 5.69 Å². The van der Waals surface area contributed by atoms with Crippen LogP contribution in [0.5, 0.6) is 0 Å². The van der Waals surface area contributed by atoms with Crippen LogP contribution >= 0.6 is 0 Å². The largest absolute Gasteiger partial charge is 0.376 e. The topological polar surface area (TPSA) is 100 Å². The highest BCUT2D eigenvalue weighted by Gasteiger charge is 2.59. The van der Waals surface area contributed by atoms with Gasteiger partial charge in [-0.15, -0.1) is 0 Å². The monoisotopic (exact) mass is 881 g/mol. The van der Waals surface area contributed by atoms with Gasteiger partial charge in [0.1, 0.15) is 17.3 Å². The van der Waals surface area contributed by atoms with Crippen molar-refractivity contribution in [2.75, 3.05) is 20.7 Å². The number of hydrogen-bond acceptors (Lipinski definition) is 6. The molecule has 11 rings (SSSR count). The number of carbonyl (C=O) groups is 1. The summed E-state index contributed by atoms with van der Waals surface area (Å²) in [7, 11) is 5.98. The molecule has 0 spiro atoms. The molecule has 1 unspecified atom stereocenters. The minimum absolute atomic E-state index is 0.0403. The summed E-state index contributed by atoms with van der Waals surface area (Å²) in [6.07, 6.45) is 9.41. The molecule has 4 aromatic heterocycles. The molecular weight excluding hydrogens is 825 g/mol. The number of likely N-dealkylation sites (N-methyl/N-ethyl adjacent to an activating group) is 1. The zero-order chi connectivity index (χ0) is 45.6. The molecule has 6 atom stereocenters. The SMILES string of the molecule is Cc1cc(-n2nc3c(c2-n2ccn(-c4ccc5c(cnn5C)c4F)c2=O)[C@@H]2CC[C@H](C3)N2C(=O)c2cc3cc([C@H]4CCOC(C)(C)C4)ccc3n2[C@@]2(C(C)N(C)C)C[C@@H]2C)cc(C)c1F. The lowest BCUT2D eigenvalue weighted by Gasteiger charge is -2.37. The predicted octanol–water partition coefficient (Wildman–Crippen LogP) is 8.81. The summed E-state index contributed by atoms with van der Waals surface area (Å²) in [6.45, 7) is 13.0. The molecule has 1 aliphatic carbocycles. The number of aryl methyl sites for hydroxylation is 3. The van der Waals surface area contributed by atoms with Gasteiger partial charge < -0.3 is 19.1 Å². The maximum absolute atomic E-state index is 16.2. The highest BCUT2D eigenvalue weighted by molar-refractivity contribution is 6.00. The van der Waals surface area contributed by atoms with Crippen molar-refractivity contribution in [3.63, 3.8) is 0 Å². The van der Waals surface area contributed by atoms with E-state index in [1.807, 2.05) is 0 Å². The highest BCUT2D eigenvalue weighted by atomic mass is 19.1. The number of aromatic nitrogens is 7. The first-order valence-electron chi connectivity index (χ1n) is 23.1. The van der Waals surface area contributed by atoms with Crippen molar-refractivity contribution >= 4 is 27.7 Å². The molecule has 1 saturated carbocycles. The second-order valence-corrected chi connectivity index (χ2v) is 20.3. The Morgan fingerprint density at radius 3 is 2.37 bits per heavy atom.